The molecule has 1 aliphatic carbocycles. The summed E-state index contributed by atoms with van der Waals surface area (Å²) in [7, 11) is 0. The fraction of sp³-hybridized carbons (Fsp3) is 0.500. The zero-order valence-corrected chi connectivity index (χ0v) is 15.9. The first-order valence-electron chi connectivity index (χ1n) is 9.41. The Balaban J connectivity index is 1.44. The van der Waals surface area contributed by atoms with E-state index in [0.717, 1.165) is 30.3 Å². The van der Waals surface area contributed by atoms with Gasteiger partial charge in [0.25, 0.3) is 0 Å². The summed E-state index contributed by atoms with van der Waals surface area (Å²) >= 11 is 1.54. The van der Waals surface area contributed by atoms with Gasteiger partial charge in [0, 0.05) is 19.2 Å². The van der Waals surface area contributed by atoms with Crippen LogP contribution >= 0.6 is 11.8 Å². The Morgan fingerprint density at radius 3 is 2.85 bits per heavy atom. The Morgan fingerprint density at radius 2 is 2.15 bits per heavy atom. The van der Waals surface area contributed by atoms with Gasteiger partial charge in [-0.3, -0.25) is 4.79 Å². The van der Waals surface area contributed by atoms with E-state index in [1.165, 1.54) is 18.4 Å². The summed E-state index contributed by atoms with van der Waals surface area (Å²) in [6.07, 6.45) is 6.61. The number of carbonyl (C=O) groups excluding carboxylic acids is 1. The van der Waals surface area contributed by atoms with Crippen molar-refractivity contribution in [3.63, 3.8) is 0 Å². The standard InChI is InChI=1S/C20H25N3O2S/c1-14(19(24)21-12-17-8-5-11-25-17)26-20-22-13-18(23(20)16-9-10-16)15-6-3-2-4-7-15/h2-4,6-7,13-14,16-17H,5,8-12H2,1H3,(H,21,24). The second kappa shape index (κ2) is 7.84. The van der Waals surface area contributed by atoms with E-state index in [-0.39, 0.29) is 17.3 Å². The van der Waals surface area contributed by atoms with E-state index >= 15 is 0 Å². The van der Waals surface area contributed by atoms with Crippen molar-refractivity contribution in [2.45, 2.75) is 55.2 Å². The Labute approximate surface area is 158 Å². The van der Waals surface area contributed by atoms with E-state index in [9.17, 15) is 4.79 Å². The predicted molar refractivity (Wildman–Crippen MR) is 103 cm³/mol. The largest absolute Gasteiger partial charge is 0.376 e. The van der Waals surface area contributed by atoms with Crippen LogP contribution in [0.3, 0.4) is 0 Å². The maximum absolute atomic E-state index is 12.5. The molecule has 2 fully saturated rings. The van der Waals surface area contributed by atoms with Gasteiger partial charge < -0.3 is 14.6 Å². The maximum Gasteiger partial charge on any atom is 0.233 e. The Kier molecular flexibility index (Phi) is 5.31. The first kappa shape index (κ1) is 17.6. The van der Waals surface area contributed by atoms with Crippen molar-refractivity contribution in [3.8, 4) is 11.3 Å². The van der Waals surface area contributed by atoms with Crippen molar-refractivity contribution in [1.82, 2.24) is 14.9 Å². The summed E-state index contributed by atoms with van der Waals surface area (Å²) in [6, 6.07) is 10.9. The Morgan fingerprint density at radius 1 is 1.35 bits per heavy atom. The van der Waals surface area contributed by atoms with Gasteiger partial charge in [-0.1, -0.05) is 42.1 Å². The summed E-state index contributed by atoms with van der Waals surface area (Å²) in [6.45, 7) is 3.37. The number of benzene rings is 1. The smallest absolute Gasteiger partial charge is 0.233 e. The fourth-order valence-electron chi connectivity index (χ4n) is 3.31. The van der Waals surface area contributed by atoms with Gasteiger partial charge in [0.2, 0.25) is 5.91 Å². The highest BCUT2D eigenvalue weighted by molar-refractivity contribution is 8.00. The summed E-state index contributed by atoms with van der Waals surface area (Å²) < 4.78 is 7.88. The minimum atomic E-state index is -0.181. The van der Waals surface area contributed by atoms with Crippen LogP contribution in [-0.4, -0.2) is 40.0 Å². The lowest BCUT2D eigenvalue weighted by Gasteiger charge is -2.16. The fourth-order valence-corrected chi connectivity index (χ4v) is 4.30. The zero-order chi connectivity index (χ0) is 17.9. The van der Waals surface area contributed by atoms with Crippen molar-refractivity contribution in [1.29, 1.82) is 0 Å². The van der Waals surface area contributed by atoms with Crippen LogP contribution in [0.15, 0.2) is 41.7 Å². The van der Waals surface area contributed by atoms with Crippen molar-refractivity contribution in [2.24, 2.45) is 0 Å². The number of hydrogen-bond acceptors (Lipinski definition) is 4. The Hall–Kier alpha value is -1.79. The van der Waals surface area contributed by atoms with Gasteiger partial charge in [0.15, 0.2) is 5.16 Å². The molecule has 1 saturated heterocycles. The highest BCUT2D eigenvalue weighted by atomic mass is 32.2. The van der Waals surface area contributed by atoms with Gasteiger partial charge in [-0.15, -0.1) is 0 Å². The molecule has 2 aromatic rings. The van der Waals surface area contributed by atoms with Gasteiger partial charge in [-0.25, -0.2) is 4.98 Å². The van der Waals surface area contributed by atoms with E-state index in [4.69, 9.17) is 4.74 Å². The number of rotatable bonds is 7. The monoisotopic (exact) mass is 371 g/mol. The summed E-state index contributed by atoms with van der Waals surface area (Å²) in [4.78, 5) is 17.1. The van der Waals surface area contributed by atoms with Crippen LogP contribution < -0.4 is 5.32 Å². The van der Waals surface area contributed by atoms with E-state index in [1.807, 2.05) is 31.3 Å². The first-order valence-corrected chi connectivity index (χ1v) is 10.3. The number of thioether (sulfide) groups is 1. The number of ether oxygens (including phenoxy) is 1. The third kappa shape index (κ3) is 3.96. The van der Waals surface area contributed by atoms with Gasteiger partial charge in [0.1, 0.15) is 0 Å². The minimum Gasteiger partial charge on any atom is -0.376 e. The van der Waals surface area contributed by atoms with Gasteiger partial charge in [-0.2, -0.15) is 0 Å². The lowest BCUT2D eigenvalue weighted by molar-refractivity contribution is -0.120. The van der Waals surface area contributed by atoms with Crippen molar-refractivity contribution >= 4 is 17.7 Å². The molecule has 2 heterocycles. The van der Waals surface area contributed by atoms with Crippen LogP contribution in [0.25, 0.3) is 11.3 Å². The first-order chi connectivity index (χ1) is 12.7. The average Bonchev–Trinajstić information content (AvgIpc) is 3.20. The van der Waals surface area contributed by atoms with Gasteiger partial charge >= 0.3 is 0 Å². The highest BCUT2D eigenvalue weighted by Gasteiger charge is 2.30. The van der Waals surface area contributed by atoms with Crippen molar-refractivity contribution < 1.29 is 9.53 Å². The second-order valence-corrected chi connectivity index (χ2v) is 8.34. The zero-order valence-electron chi connectivity index (χ0n) is 15.1. The number of aromatic nitrogens is 2. The van der Waals surface area contributed by atoms with Crippen LogP contribution in [0, 0.1) is 0 Å². The highest BCUT2D eigenvalue weighted by Crippen LogP contribution is 2.42. The second-order valence-electron chi connectivity index (χ2n) is 7.03. The number of nitrogens with zero attached hydrogens (tertiary/aromatic N) is 2. The molecule has 0 bridgehead atoms. The molecule has 1 aromatic heterocycles. The van der Waals surface area contributed by atoms with Crippen LogP contribution in [0.2, 0.25) is 0 Å². The molecule has 1 aromatic carbocycles. The average molecular weight is 372 g/mol. The molecule has 6 heteroatoms. The molecule has 1 saturated carbocycles. The van der Waals surface area contributed by atoms with Crippen molar-refractivity contribution in [3.05, 3.63) is 36.5 Å². The number of hydrogen-bond donors (Lipinski definition) is 1. The number of amides is 1. The number of carbonyl (C=O) groups is 1. The molecular weight excluding hydrogens is 346 g/mol. The van der Waals surface area contributed by atoms with E-state index < -0.39 is 0 Å². The van der Waals surface area contributed by atoms with Gasteiger partial charge in [-0.05, 0) is 38.2 Å². The van der Waals surface area contributed by atoms with Crippen LogP contribution in [0.1, 0.15) is 38.6 Å². The van der Waals surface area contributed by atoms with E-state index in [2.05, 4.69) is 27.0 Å². The summed E-state index contributed by atoms with van der Waals surface area (Å²) in [5.41, 5.74) is 2.32. The molecule has 138 valence electrons. The molecule has 1 N–H and O–H groups in total. The van der Waals surface area contributed by atoms with E-state index in [1.54, 1.807) is 11.8 Å². The number of imidazole rings is 1. The van der Waals surface area contributed by atoms with E-state index in [0.29, 0.717) is 12.6 Å². The lowest BCUT2D eigenvalue weighted by atomic mass is 10.2. The third-order valence-corrected chi connectivity index (χ3v) is 6.00. The Bertz CT molecular complexity index is 752. The third-order valence-electron chi connectivity index (χ3n) is 4.92. The summed E-state index contributed by atoms with van der Waals surface area (Å²) in [5, 5.41) is 3.78. The molecule has 2 aliphatic rings. The molecule has 0 radical (unpaired) electrons. The lowest BCUT2D eigenvalue weighted by Crippen LogP contribution is -2.36. The molecule has 0 spiro atoms. The molecule has 1 aliphatic heterocycles. The van der Waals surface area contributed by atoms with Crippen LogP contribution in [0.5, 0.6) is 0 Å². The van der Waals surface area contributed by atoms with Gasteiger partial charge in [0.05, 0.1) is 23.2 Å². The quantitative estimate of drug-likeness (QED) is 0.755. The predicted octanol–water partition coefficient (Wildman–Crippen LogP) is 3.66. The molecule has 2 atom stereocenters. The molecule has 4 rings (SSSR count). The molecule has 26 heavy (non-hydrogen) atoms. The SMILES string of the molecule is CC(Sc1ncc(-c2ccccc2)n1C1CC1)C(=O)NCC1CCCO1. The minimum absolute atomic E-state index is 0.0529. The molecule has 5 nitrogen and oxygen atoms in total. The maximum atomic E-state index is 12.5. The molecular formula is C20H25N3O2S. The molecule has 1 amide bonds. The van der Waals surface area contributed by atoms with Crippen molar-refractivity contribution in [2.75, 3.05) is 13.2 Å². The number of nitrogens with one attached hydrogen (secondary N) is 1. The van der Waals surface area contributed by atoms with Crippen LogP contribution in [-0.2, 0) is 9.53 Å². The molecule has 2 unspecified atom stereocenters. The summed E-state index contributed by atoms with van der Waals surface area (Å²) in [5.74, 6) is 0.0529. The normalized spacial score (nSPS) is 20.9. The van der Waals surface area contributed by atoms with Crippen LogP contribution in [0.4, 0.5) is 0 Å². The topological polar surface area (TPSA) is 56.2 Å².